The lowest BCUT2D eigenvalue weighted by Gasteiger charge is -2.28. The zero-order valence-electron chi connectivity index (χ0n) is 13.1. The summed E-state index contributed by atoms with van der Waals surface area (Å²) in [6, 6.07) is 8.03. The van der Waals surface area contributed by atoms with Gasteiger partial charge in [-0.3, -0.25) is 0 Å². The number of ether oxygens (including phenoxy) is 1. The van der Waals surface area contributed by atoms with Crippen molar-refractivity contribution in [3.05, 3.63) is 24.3 Å². The maximum absolute atomic E-state index is 9.50. The van der Waals surface area contributed by atoms with Gasteiger partial charge in [0.05, 0.1) is 13.2 Å². The molecule has 0 aliphatic rings. The van der Waals surface area contributed by atoms with Crippen LogP contribution < -0.4 is 15.0 Å². The zero-order chi connectivity index (χ0) is 15.0. The fraction of sp³-hybridized carbons (Fsp3) is 0.625. The van der Waals surface area contributed by atoms with Gasteiger partial charge in [-0.2, -0.15) is 0 Å². The first-order chi connectivity index (χ1) is 9.50. The molecule has 4 heteroatoms. The summed E-state index contributed by atoms with van der Waals surface area (Å²) < 4.78 is 5.80. The molecule has 0 spiro atoms. The Kier molecular flexibility index (Phi) is 6.82. The van der Waals surface area contributed by atoms with Crippen molar-refractivity contribution in [3.63, 3.8) is 0 Å². The zero-order valence-corrected chi connectivity index (χ0v) is 13.1. The number of anilines is 1. The lowest BCUT2D eigenvalue weighted by molar-refractivity contribution is 0.144. The monoisotopic (exact) mass is 280 g/mol. The van der Waals surface area contributed by atoms with Crippen LogP contribution in [0, 0.1) is 0 Å². The molecule has 1 atom stereocenters. The van der Waals surface area contributed by atoms with Crippen molar-refractivity contribution >= 4 is 5.69 Å². The number of rotatable bonds is 9. The number of benzene rings is 1. The molecule has 0 fully saturated rings. The molecule has 0 amide bonds. The summed E-state index contributed by atoms with van der Waals surface area (Å²) in [6.45, 7) is 5.77. The highest BCUT2D eigenvalue weighted by Crippen LogP contribution is 2.20. The molecule has 20 heavy (non-hydrogen) atoms. The smallest absolute Gasteiger partial charge is 0.121 e. The molecule has 1 unspecified atom stereocenters. The molecular weight excluding hydrogens is 252 g/mol. The van der Waals surface area contributed by atoms with Crippen LogP contribution in [0.15, 0.2) is 24.3 Å². The lowest BCUT2D eigenvalue weighted by Crippen LogP contribution is -2.47. The van der Waals surface area contributed by atoms with Crippen molar-refractivity contribution in [1.82, 2.24) is 5.32 Å². The number of aliphatic hydroxyl groups excluding tert-OH is 1. The summed E-state index contributed by atoms with van der Waals surface area (Å²) >= 11 is 0. The van der Waals surface area contributed by atoms with Gasteiger partial charge in [0.2, 0.25) is 0 Å². The minimum Gasteiger partial charge on any atom is -0.493 e. The highest BCUT2D eigenvalue weighted by molar-refractivity contribution is 5.49. The fourth-order valence-corrected chi connectivity index (χ4v) is 1.90. The molecule has 0 aliphatic carbocycles. The molecule has 1 aromatic carbocycles. The molecule has 0 bridgehead atoms. The first-order valence-corrected chi connectivity index (χ1v) is 7.27. The van der Waals surface area contributed by atoms with E-state index in [2.05, 4.69) is 12.2 Å². The molecule has 0 heterocycles. The average molecular weight is 280 g/mol. The first kappa shape index (κ1) is 16.8. The Labute approximate surface area is 122 Å². The van der Waals surface area contributed by atoms with Crippen LogP contribution >= 0.6 is 0 Å². The predicted octanol–water partition coefficient (Wildman–Crippen LogP) is 2.27. The van der Waals surface area contributed by atoms with Crippen LogP contribution in [0.4, 0.5) is 5.69 Å². The molecule has 0 aliphatic heterocycles. The average Bonchev–Trinajstić information content (AvgIpc) is 2.45. The fourth-order valence-electron chi connectivity index (χ4n) is 1.90. The third-order valence-electron chi connectivity index (χ3n) is 3.41. The molecular formula is C16H28N2O2. The van der Waals surface area contributed by atoms with Crippen LogP contribution in [-0.4, -0.2) is 44.5 Å². The molecule has 0 saturated heterocycles. The van der Waals surface area contributed by atoms with Crippen LogP contribution in [0.5, 0.6) is 5.75 Å². The van der Waals surface area contributed by atoms with Crippen molar-refractivity contribution in [2.75, 3.05) is 38.8 Å². The number of aliphatic hydroxyl groups is 1. The SMILES string of the molecule is CCCNC(C)(CO)CCOc1cccc(N(C)C)c1. The van der Waals surface area contributed by atoms with Crippen molar-refractivity contribution in [1.29, 1.82) is 0 Å². The van der Waals surface area contributed by atoms with Crippen LogP contribution in [0.25, 0.3) is 0 Å². The Bertz CT molecular complexity index is 396. The van der Waals surface area contributed by atoms with E-state index in [1.807, 2.05) is 50.2 Å². The van der Waals surface area contributed by atoms with E-state index in [0.29, 0.717) is 6.61 Å². The van der Waals surface area contributed by atoms with Crippen LogP contribution in [-0.2, 0) is 0 Å². The maximum atomic E-state index is 9.50. The number of nitrogens with zero attached hydrogens (tertiary/aromatic N) is 1. The van der Waals surface area contributed by atoms with Gasteiger partial charge in [-0.25, -0.2) is 0 Å². The highest BCUT2D eigenvalue weighted by Gasteiger charge is 2.21. The molecule has 1 aromatic rings. The Balaban J connectivity index is 2.48. The molecule has 114 valence electrons. The van der Waals surface area contributed by atoms with Gasteiger partial charge in [0.25, 0.3) is 0 Å². The molecule has 0 aromatic heterocycles. The molecule has 2 N–H and O–H groups in total. The number of hydrogen-bond acceptors (Lipinski definition) is 4. The summed E-state index contributed by atoms with van der Waals surface area (Å²) in [5.74, 6) is 0.868. The third kappa shape index (κ3) is 5.39. The minimum absolute atomic E-state index is 0.119. The summed E-state index contributed by atoms with van der Waals surface area (Å²) in [7, 11) is 4.02. The Morgan fingerprint density at radius 2 is 2.10 bits per heavy atom. The van der Waals surface area contributed by atoms with Crippen molar-refractivity contribution in [2.45, 2.75) is 32.2 Å². The largest absolute Gasteiger partial charge is 0.493 e. The molecule has 0 saturated carbocycles. The van der Waals surface area contributed by atoms with E-state index < -0.39 is 0 Å². The van der Waals surface area contributed by atoms with Crippen molar-refractivity contribution in [3.8, 4) is 5.75 Å². The Morgan fingerprint density at radius 1 is 1.35 bits per heavy atom. The molecule has 1 rings (SSSR count). The first-order valence-electron chi connectivity index (χ1n) is 7.27. The van der Waals surface area contributed by atoms with Crippen LogP contribution in [0.2, 0.25) is 0 Å². The van der Waals surface area contributed by atoms with Crippen LogP contribution in [0.1, 0.15) is 26.7 Å². The highest BCUT2D eigenvalue weighted by atomic mass is 16.5. The van der Waals surface area contributed by atoms with Gasteiger partial charge >= 0.3 is 0 Å². The summed E-state index contributed by atoms with van der Waals surface area (Å²) in [5.41, 5.74) is 0.853. The predicted molar refractivity (Wildman–Crippen MR) is 84.7 cm³/mol. The Morgan fingerprint density at radius 3 is 2.70 bits per heavy atom. The van der Waals surface area contributed by atoms with E-state index in [1.165, 1.54) is 0 Å². The van der Waals surface area contributed by atoms with Gasteiger partial charge in [-0.15, -0.1) is 0 Å². The van der Waals surface area contributed by atoms with E-state index in [-0.39, 0.29) is 12.1 Å². The second-order valence-corrected chi connectivity index (χ2v) is 5.64. The van der Waals surface area contributed by atoms with E-state index in [1.54, 1.807) is 0 Å². The standard InChI is InChI=1S/C16H28N2O2/c1-5-10-17-16(2,13-19)9-11-20-15-8-6-7-14(12-15)18(3)4/h6-8,12,17,19H,5,9-11,13H2,1-4H3. The van der Waals surface area contributed by atoms with Gasteiger partial charge in [0, 0.05) is 37.8 Å². The van der Waals surface area contributed by atoms with E-state index in [9.17, 15) is 5.11 Å². The van der Waals surface area contributed by atoms with E-state index >= 15 is 0 Å². The van der Waals surface area contributed by atoms with Gasteiger partial charge in [0.1, 0.15) is 5.75 Å². The third-order valence-corrected chi connectivity index (χ3v) is 3.41. The second-order valence-electron chi connectivity index (χ2n) is 5.64. The Hall–Kier alpha value is -1.26. The maximum Gasteiger partial charge on any atom is 0.121 e. The van der Waals surface area contributed by atoms with Gasteiger partial charge in [-0.1, -0.05) is 13.0 Å². The number of nitrogens with one attached hydrogen (secondary N) is 1. The van der Waals surface area contributed by atoms with Gasteiger partial charge in [-0.05, 0) is 32.0 Å². The van der Waals surface area contributed by atoms with Crippen molar-refractivity contribution in [2.24, 2.45) is 0 Å². The quantitative estimate of drug-likeness (QED) is 0.728. The van der Waals surface area contributed by atoms with Crippen LogP contribution in [0.3, 0.4) is 0 Å². The topological polar surface area (TPSA) is 44.7 Å². The second kappa shape index (κ2) is 8.12. The molecule has 0 radical (unpaired) electrons. The summed E-state index contributed by atoms with van der Waals surface area (Å²) in [6.07, 6.45) is 1.83. The lowest BCUT2D eigenvalue weighted by atomic mass is 9.99. The van der Waals surface area contributed by atoms with Crippen molar-refractivity contribution < 1.29 is 9.84 Å². The minimum atomic E-state index is -0.269. The normalized spacial score (nSPS) is 13.8. The number of hydrogen-bond donors (Lipinski definition) is 2. The molecule has 4 nitrogen and oxygen atoms in total. The summed E-state index contributed by atoms with van der Waals surface area (Å²) in [5, 5.41) is 12.9. The van der Waals surface area contributed by atoms with E-state index in [4.69, 9.17) is 4.74 Å². The summed E-state index contributed by atoms with van der Waals surface area (Å²) in [4.78, 5) is 2.05. The van der Waals surface area contributed by atoms with E-state index in [0.717, 1.165) is 30.8 Å². The van der Waals surface area contributed by atoms with Gasteiger partial charge < -0.3 is 20.1 Å². The van der Waals surface area contributed by atoms with Gasteiger partial charge in [0.15, 0.2) is 0 Å².